The molecule has 0 atom stereocenters. The van der Waals surface area contributed by atoms with Gasteiger partial charge in [0.1, 0.15) is 0 Å². The molecule has 0 spiro atoms. The lowest BCUT2D eigenvalue weighted by Gasteiger charge is -2.04. The third kappa shape index (κ3) is 1.53. The molecule has 0 amide bonds. The maximum absolute atomic E-state index is 11.2. The van der Waals surface area contributed by atoms with Crippen LogP contribution in [0.1, 0.15) is 10.4 Å². The van der Waals surface area contributed by atoms with Gasteiger partial charge in [0.05, 0.1) is 0 Å². The van der Waals surface area contributed by atoms with Crippen LogP contribution in [0.2, 0.25) is 0 Å². The molecule has 1 aromatic rings. The average Bonchev–Trinajstić information content (AvgIpc) is 2.16. The van der Waals surface area contributed by atoms with E-state index in [-0.39, 0.29) is 5.78 Å². The molecule has 0 bridgehead atoms. The normalized spacial score (nSPS) is 9.08. The van der Waals surface area contributed by atoms with Gasteiger partial charge in [0.25, 0.3) is 0 Å². The van der Waals surface area contributed by atoms with Crippen molar-refractivity contribution in [3.05, 3.63) is 42.5 Å². The second-order valence-corrected chi connectivity index (χ2v) is 2.36. The molecular formula is C10H11NO. The van der Waals surface area contributed by atoms with Gasteiger partial charge in [-0.25, -0.2) is 0 Å². The lowest BCUT2D eigenvalue weighted by atomic mass is 10.1. The van der Waals surface area contributed by atoms with Crippen LogP contribution in [0.5, 0.6) is 0 Å². The highest BCUT2D eigenvalue weighted by Crippen LogP contribution is 2.14. The highest BCUT2D eigenvalue weighted by atomic mass is 16.1. The van der Waals surface area contributed by atoms with Crippen LogP contribution in [-0.4, -0.2) is 12.8 Å². The number of carbonyl (C=O) groups is 1. The van der Waals surface area contributed by atoms with Crippen molar-refractivity contribution in [1.29, 1.82) is 0 Å². The van der Waals surface area contributed by atoms with Gasteiger partial charge in [-0.15, -0.1) is 0 Å². The summed E-state index contributed by atoms with van der Waals surface area (Å²) < 4.78 is 0. The summed E-state index contributed by atoms with van der Waals surface area (Å²) in [5.41, 5.74) is 1.50. The molecule has 0 radical (unpaired) electrons. The van der Waals surface area contributed by atoms with E-state index >= 15 is 0 Å². The zero-order valence-corrected chi connectivity index (χ0v) is 7.00. The molecule has 1 N–H and O–H groups in total. The number of carbonyl (C=O) groups excluding carboxylic acids is 1. The molecule has 1 aromatic carbocycles. The van der Waals surface area contributed by atoms with Crippen LogP contribution < -0.4 is 5.32 Å². The monoisotopic (exact) mass is 161 g/mol. The zero-order valence-electron chi connectivity index (χ0n) is 7.00. The molecule has 2 nitrogen and oxygen atoms in total. The fraction of sp³-hybridized carbons (Fsp3) is 0.100. The zero-order chi connectivity index (χ0) is 8.97. The Morgan fingerprint density at radius 1 is 1.50 bits per heavy atom. The highest BCUT2D eigenvalue weighted by Gasteiger charge is 2.04. The van der Waals surface area contributed by atoms with Gasteiger partial charge in [0, 0.05) is 18.3 Å². The van der Waals surface area contributed by atoms with E-state index in [1.165, 1.54) is 6.08 Å². The standard InChI is InChI=1S/C10H11NO/c1-3-10(12)8-6-4-5-7-9(8)11-2/h3-7,11H,1H2,2H3. The first kappa shape index (κ1) is 8.53. The number of para-hydroxylation sites is 1. The van der Waals surface area contributed by atoms with E-state index in [9.17, 15) is 4.79 Å². The van der Waals surface area contributed by atoms with Crippen LogP contribution in [0.15, 0.2) is 36.9 Å². The number of hydrogen-bond donors (Lipinski definition) is 1. The number of rotatable bonds is 3. The van der Waals surface area contributed by atoms with Crippen molar-refractivity contribution in [3.63, 3.8) is 0 Å². The molecule has 0 saturated carbocycles. The second-order valence-electron chi connectivity index (χ2n) is 2.36. The van der Waals surface area contributed by atoms with Crippen molar-refractivity contribution in [2.24, 2.45) is 0 Å². The first-order valence-electron chi connectivity index (χ1n) is 3.73. The first-order valence-corrected chi connectivity index (χ1v) is 3.73. The van der Waals surface area contributed by atoms with E-state index in [0.29, 0.717) is 5.56 Å². The lowest BCUT2D eigenvalue weighted by molar-refractivity contribution is 0.104. The van der Waals surface area contributed by atoms with Gasteiger partial charge in [0.2, 0.25) is 0 Å². The maximum Gasteiger partial charge on any atom is 0.187 e. The minimum Gasteiger partial charge on any atom is -0.388 e. The third-order valence-electron chi connectivity index (χ3n) is 1.65. The van der Waals surface area contributed by atoms with Crippen LogP contribution in [0.3, 0.4) is 0 Å². The number of allylic oxidation sites excluding steroid dienone is 1. The van der Waals surface area contributed by atoms with Gasteiger partial charge < -0.3 is 5.32 Å². The second kappa shape index (κ2) is 3.72. The van der Waals surface area contributed by atoms with E-state index in [1.54, 1.807) is 13.1 Å². The maximum atomic E-state index is 11.2. The summed E-state index contributed by atoms with van der Waals surface area (Å²) in [6, 6.07) is 7.34. The summed E-state index contributed by atoms with van der Waals surface area (Å²) in [4.78, 5) is 11.2. The van der Waals surface area contributed by atoms with Crippen molar-refractivity contribution < 1.29 is 4.79 Å². The molecule has 0 heterocycles. The summed E-state index contributed by atoms with van der Waals surface area (Å²) in [5.74, 6) is -0.0556. The fourth-order valence-corrected chi connectivity index (χ4v) is 1.03. The Labute approximate surface area is 71.9 Å². The van der Waals surface area contributed by atoms with Gasteiger partial charge in [0.15, 0.2) is 5.78 Å². The Morgan fingerprint density at radius 2 is 2.17 bits per heavy atom. The van der Waals surface area contributed by atoms with E-state index in [1.807, 2.05) is 18.2 Å². The minimum absolute atomic E-state index is 0.0556. The minimum atomic E-state index is -0.0556. The molecular weight excluding hydrogens is 150 g/mol. The predicted molar refractivity (Wildman–Crippen MR) is 50.5 cm³/mol. The Bertz CT molecular complexity index is 304. The SMILES string of the molecule is C=CC(=O)c1ccccc1NC. The Kier molecular flexibility index (Phi) is 2.64. The van der Waals surface area contributed by atoms with Crippen LogP contribution >= 0.6 is 0 Å². The van der Waals surface area contributed by atoms with Gasteiger partial charge >= 0.3 is 0 Å². The van der Waals surface area contributed by atoms with Crippen molar-refractivity contribution in [3.8, 4) is 0 Å². The number of hydrogen-bond acceptors (Lipinski definition) is 2. The van der Waals surface area contributed by atoms with Crippen LogP contribution in [0.4, 0.5) is 5.69 Å². The summed E-state index contributed by atoms with van der Waals surface area (Å²) in [6.45, 7) is 3.44. The Morgan fingerprint density at radius 3 is 2.75 bits per heavy atom. The average molecular weight is 161 g/mol. The number of anilines is 1. The Balaban J connectivity index is 3.13. The van der Waals surface area contributed by atoms with Crippen LogP contribution in [0, 0.1) is 0 Å². The number of benzene rings is 1. The highest BCUT2D eigenvalue weighted by molar-refractivity contribution is 6.08. The third-order valence-corrected chi connectivity index (χ3v) is 1.65. The molecule has 0 fully saturated rings. The molecule has 12 heavy (non-hydrogen) atoms. The molecule has 0 aliphatic rings. The molecule has 1 rings (SSSR count). The van der Waals surface area contributed by atoms with Gasteiger partial charge in [-0.3, -0.25) is 4.79 Å². The summed E-state index contributed by atoms with van der Waals surface area (Å²) >= 11 is 0. The van der Waals surface area contributed by atoms with Gasteiger partial charge in [-0.2, -0.15) is 0 Å². The molecule has 0 unspecified atom stereocenters. The molecule has 2 heteroatoms. The lowest BCUT2D eigenvalue weighted by Crippen LogP contribution is -2.00. The topological polar surface area (TPSA) is 29.1 Å². The quantitative estimate of drug-likeness (QED) is 0.543. The van der Waals surface area contributed by atoms with Crippen molar-refractivity contribution in [2.45, 2.75) is 0 Å². The number of nitrogens with one attached hydrogen (secondary N) is 1. The Hall–Kier alpha value is -1.57. The van der Waals surface area contributed by atoms with Crippen LogP contribution in [0.25, 0.3) is 0 Å². The molecule has 62 valence electrons. The predicted octanol–water partition coefficient (Wildman–Crippen LogP) is 2.10. The largest absolute Gasteiger partial charge is 0.388 e. The van der Waals surface area contributed by atoms with Gasteiger partial charge in [-0.05, 0) is 18.2 Å². The fourth-order valence-electron chi connectivity index (χ4n) is 1.03. The molecule has 0 aliphatic carbocycles. The van der Waals surface area contributed by atoms with Crippen LogP contribution in [-0.2, 0) is 0 Å². The smallest absolute Gasteiger partial charge is 0.187 e. The van der Waals surface area contributed by atoms with Crippen molar-refractivity contribution in [2.75, 3.05) is 12.4 Å². The van der Waals surface area contributed by atoms with E-state index in [4.69, 9.17) is 0 Å². The van der Waals surface area contributed by atoms with E-state index in [0.717, 1.165) is 5.69 Å². The summed E-state index contributed by atoms with van der Waals surface area (Å²) in [5, 5.41) is 2.94. The first-order chi connectivity index (χ1) is 5.79. The summed E-state index contributed by atoms with van der Waals surface area (Å²) in [6.07, 6.45) is 1.32. The molecule has 0 saturated heterocycles. The van der Waals surface area contributed by atoms with E-state index in [2.05, 4.69) is 11.9 Å². The van der Waals surface area contributed by atoms with Crippen molar-refractivity contribution in [1.82, 2.24) is 0 Å². The van der Waals surface area contributed by atoms with Gasteiger partial charge in [-0.1, -0.05) is 18.7 Å². The summed E-state index contributed by atoms with van der Waals surface area (Å²) in [7, 11) is 1.79. The van der Waals surface area contributed by atoms with E-state index < -0.39 is 0 Å². The number of ketones is 1. The van der Waals surface area contributed by atoms with Crippen molar-refractivity contribution >= 4 is 11.5 Å². The molecule has 0 aromatic heterocycles. The molecule has 0 aliphatic heterocycles.